The van der Waals surface area contributed by atoms with Crippen molar-refractivity contribution in [1.29, 1.82) is 0 Å². The van der Waals surface area contributed by atoms with Crippen LogP contribution in [0.2, 0.25) is 0 Å². The van der Waals surface area contributed by atoms with Crippen molar-refractivity contribution in [3.63, 3.8) is 0 Å². The number of carboxylic acids is 1. The summed E-state index contributed by atoms with van der Waals surface area (Å²) in [6.07, 6.45) is 0.875. The van der Waals surface area contributed by atoms with E-state index in [0.29, 0.717) is 25.1 Å². The second-order valence-electron chi connectivity index (χ2n) is 6.52. The third-order valence-corrected chi connectivity index (χ3v) is 4.12. The van der Waals surface area contributed by atoms with Crippen LogP contribution >= 0.6 is 0 Å². The van der Waals surface area contributed by atoms with Crippen LogP contribution in [0.25, 0.3) is 0 Å². The van der Waals surface area contributed by atoms with Crippen LogP contribution < -0.4 is 16.0 Å². The molecule has 3 amide bonds. The first kappa shape index (κ1) is 21.0. The van der Waals surface area contributed by atoms with Gasteiger partial charge in [0.25, 0.3) is 0 Å². The molecule has 0 aliphatic heterocycles. The molecule has 0 heterocycles. The maximum atomic E-state index is 12.3. The largest absolute Gasteiger partial charge is 0.481 e. The standard InChI is InChI=1S/C21H25N3O4/c1-15(25)22-14-17-7-9-18(10-8-17)23-21(28)24-19(11-12-20(26)27)13-16-5-3-2-4-6-16/h2-10,19H,11-14H2,1H3,(H,22,25)(H,26,27)(H2,23,24,28). The molecular weight excluding hydrogens is 358 g/mol. The van der Waals surface area contributed by atoms with Crippen LogP contribution in [0.15, 0.2) is 54.6 Å². The summed E-state index contributed by atoms with van der Waals surface area (Å²) in [7, 11) is 0. The maximum Gasteiger partial charge on any atom is 0.319 e. The molecule has 7 heteroatoms. The topological polar surface area (TPSA) is 108 Å². The SMILES string of the molecule is CC(=O)NCc1ccc(NC(=O)NC(CCC(=O)O)Cc2ccccc2)cc1. The van der Waals surface area contributed by atoms with Gasteiger partial charge in [0.15, 0.2) is 0 Å². The Hall–Kier alpha value is -3.35. The van der Waals surface area contributed by atoms with E-state index in [1.165, 1.54) is 6.92 Å². The highest BCUT2D eigenvalue weighted by Crippen LogP contribution is 2.11. The normalized spacial score (nSPS) is 11.3. The van der Waals surface area contributed by atoms with E-state index in [0.717, 1.165) is 11.1 Å². The summed E-state index contributed by atoms with van der Waals surface area (Å²) in [5, 5.41) is 17.3. The Labute approximate surface area is 164 Å². The number of amides is 3. The summed E-state index contributed by atoms with van der Waals surface area (Å²) < 4.78 is 0. The Kier molecular flexibility index (Phi) is 8.02. The minimum absolute atomic E-state index is 0.0182. The molecule has 1 unspecified atom stereocenters. The summed E-state index contributed by atoms with van der Waals surface area (Å²) >= 11 is 0. The molecule has 4 N–H and O–H groups in total. The van der Waals surface area contributed by atoms with Crippen LogP contribution in [0.3, 0.4) is 0 Å². The van der Waals surface area contributed by atoms with Gasteiger partial charge in [0, 0.05) is 31.6 Å². The molecular formula is C21H25N3O4. The van der Waals surface area contributed by atoms with E-state index >= 15 is 0 Å². The summed E-state index contributed by atoms with van der Waals surface area (Å²) in [5.74, 6) is -0.998. The van der Waals surface area contributed by atoms with Crippen LogP contribution in [-0.4, -0.2) is 29.1 Å². The zero-order valence-electron chi connectivity index (χ0n) is 15.8. The fourth-order valence-electron chi connectivity index (χ4n) is 2.71. The molecule has 0 fully saturated rings. The van der Waals surface area contributed by atoms with Crippen LogP contribution in [0, 0.1) is 0 Å². The molecule has 2 aromatic carbocycles. The smallest absolute Gasteiger partial charge is 0.319 e. The number of anilines is 1. The lowest BCUT2D eigenvalue weighted by atomic mass is 10.0. The summed E-state index contributed by atoms with van der Waals surface area (Å²) in [6.45, 7) is 1.88. The zero-order chi connectivity index (χ0) is 20.4. The van der Waals surface area contributed by atoms with Gasteiger partial charge < -0.3 is 21.1 Å². The number of hydrogen-bond acceptors (Lipinski definition) is 3. The Balaban J connectivity index is 1.92. The van der Waals surface area contributed by atoms with E-state index in [1.807, 2.05) is 42.5 Å². The maximum absolute atomic E-state index is 12.3. The van der Waals surface area contributed by atoms with Crippen LogP contribution in [-0.2, 0) is 22.6 Å². The molecule has 0 spiro atoms. The van der Waals surface area contributed by atoms with Gasteiger partial charge in [-0.3, -0.25) is 9.59 Å². The lowest BCUT2D eigenvalue weighted by Crippen LogP contribution is -2.39. The highest BCUT2D eigenvalue weighted by atomic mass is 16.4. The number of carboxylic acid groups (broad SMARTS) is 1. The second-order valence-corrected chi connectivity index (χ2v) is 6.52. The quantitative estimate of drug-likeness (QED) is 0.534. The molecule has 2 aromatic rings. The first-order chi connectivity index (χ1) is 13.4. The number of rotatable bonds is 9. The van der Waals surface area contributed by atoms with Crippen LogP contribution in [0.4, 0.5) is 10.5 Å². The minimum Gasteiger partial charge on any atom is -0.481 e. The second kappa shape index (κ2) is 10.7. The van der Waals surface area contributed by atoms with Crippen molar-refractivity contribution in [3.8, 4) is 0 Å². The van der Waals surface area contributed by atoms with Crippen molar-refractivity contribution < 1.29 is 19.5 Å². The molecule has 148 valence electrons. The molecule has 0 aliphatic carbocycles. The first-order valence-electron chi connectivity index (χ1n) is 9.09. The highest BCUT2D eigenvalue weighted by Gasteiger charge is 2.15. The van der Waals surface area contributed by atoms with Gasteiger partial charge in [0.2, 0.25) is 5.91 Å². The van der Waals surface area contributed by atoms with Gasteiger partial charge in [-0.25, -0.2) is 4.79 Å². The number of nitrogens with one attached hydrogen (secondary N) is 3. The summed E-state index contributed by atoms with van der Waals surface area (Å²) in [4.78, 5) is 34.2. The fraction of sp³-hybridized carbons (Fsp3) is 0.286. The molecule has 7 nitrogen and oxygen atoms in total. The predicted molar refractivity (Wildman–Crippen MR) is 107 cm³/mol. The Morgan fingerprint density at radius 1 is 0.964 bits per heavy atom. The van der Waals surface area contributed by atoms with E-state index in [-0.39, 0.29) is 24.4 Å². The van der Waals surface area contributed by atoms with Crippen molar-refractivity contribution in [2.75, 3.05) is 5.32 Å². The average Bonchev–Trinajstić information content (AvgIpc) is 2.66. The van der Waals surface area contributed by atoms with E-state index in [9.17, 15) is 14.4 Å². The molecule has 2 rings (SSSR count). The van der Waals surface area contributed by atoms with Crippen molar-refractivity contribution in [2.24, 2.45) is 0 Å². The van der Waals surface area contributed by atoms with Crippen LogP contribution in [0.1, 0.15) is 30.9 Å². The van der Waals surface area contributed by atoms with Crippen molar-refractivity contribution >= 4 is 23.6 Å². The number of carbonyl (C=O) groups is 3. The Bertz CT molecular complexity index is 791. The lowest BCUT2D eigenvalue weighted by molar-refractivity contribution is -0.137. The van der Waals surface area contributed by atoms with E-state index in [4.69, 9.17) is 5.11 Å². The third-order valence-electron chi connectivity index (χ3n) is 4.12. The molecule has 0 radical (unpaired) electrons. The minimum atomic E-state index is -0.893. The average molecular weight is 383 g/mol. The molecule has 28 heavy (non-hydrogen) atoms. The Morgan fingerprint density at radius 2 is 1.64 bits per heavy atom. The number of aliphatic carboxylic acids is 1. The van der Waals surface area contributed by atoms with Gasteiger partial charge in [0.05, 0.1) is 0 Å². The van der Waals surface area contributed by atoms with E-state index in [1.54, 1.807) is 12.1 Å². The van der Waals surface area contributed by atoms with Crippen LogP contribution in [0.5, 0.6) is 0 Å². The summed E-state index contributed by atoms with van der Waals surface area (Å²) in [6, 6.07) is 16.1. The molecule has 0 aromatic heterocycles. The molecule has 0 bridgehead atoms. The van der Waals surface area contributed by atoms with Crippen molar-refractivity contribution in [2.45, 2.75) is 38.8 Å². The third kappa shape index (κ3) is 7.90. The summed E-state index contributed by atoms with van der Waals surface area (Å²) in [5.41, 5.74) is 2.56. The highest BCUT2D eigenvalue weighted by molar-refractivity contribution is 5.89. The van der Waals surface area contributed by atoms with E-state index in [2.05, 4.69) is 16.0 Å². The fourth-order valence-corrected chi connectivity index (χ4v) is 2.71. The molecule has 0 saturated carbocycles. The number of hydrogen-bond donors (Lipinski definition) is 4. The van der Waals surface area contributed by atoms with Gasteiger partial charge in [-0.1, -0.05) is 42.5 Å². The molecule has 0 saturated heterocycles. The van der Waals surface area contributed by atoms with Gasteiger partial charge in [-0.15, -0.1) is 0 Å². The number of urea groups is 1. The van der Waals surface area contributed by atoms with Gasteiger partial charge >= 0.3 is 12.0 Å². The van der Waals surface area contributed by atoms with Crippen molar-refractivity contribution in [1.82, 2.24) is 10.6 Å². The first-order valence-corrected chi connectivity index (χ1v) is 9.09. The molecule has 1 atom stereocenters. The van der Waals surface area contributed by atoms with Gasteiger partial charge in [-0.2, -0.15) is 0 Å². The Morgan fingerprint density at radius 3 is 2.25 bits per heavy atom. The number of benzene rings is 2. The van der Waals surface area contributed by atoms with Crippen molar-refractivity contribution in [3.05, 3.63) is 65.7 Å². The monoisotopic (exact) mass is 383 g/mol. The van der Waals surface area contributed by atoms with Gasteiger partial charge in [0.1, 0.15) is 0 Å². The van der Waals surface area contributed by atoms with Gasteiger partial charge in [-0.05, 0) is 36.1 Å². The lowest BCUT2D eigenvalue weighted by Gasteiger charge is -2.19. The number of carbonyl (C=O) groups excluding carboxylic acids is 2. The zero-order valence-corrected chi connectivity index (χ0v) is 15.8. The molecule has 0 aliphatic rings. The van der Waals surface area contributed by atoms with E-state index < -0.39 is 5.97 Å². The predicted octanol–water partition coefficient (Wildman–Crippen LogP) is 2.92.